The molecule has 0 heterocycles. The van der Waals surface area contributed by atoms with Crippen molar-refractivity contribution in [3.63, 3.8) is 0 Å². The van der Waals surface area contributed by atoms with Crippen LogP contribution in [0.4, 0.5) is 0 Å². The van der Waals surface area contributed by atoms with E-state index < -0.39 is 0 Å². The molecule has 0 unspecified atom stereocenters. The van der Waals surface area contributed by atoms with E-state index in [-0.39, 0.29) is 0 Å². The maximum Gasteiger partial charge on any atom is 0.124 e. The van der Waals surface area contributed by atoms with Crippen LogP contribution in [0.15, 0.2) is 54.6 Å². The SMILES string of the molecule is NCc1c(OCc2ccc(Cl)cc2Cl)ccc2ccccc12. The summed E-state index contributed by atoms with van der Waals surface area (Å²) in [6.07, 6.45) is 0. The Labute approximate surface area is 139 Å². The summed E-state index contributed by atoms with van der Waals surface area (Å²) in [5, 5.41) is 3.48. The summed E-state index contributed by atoms with van der Waals surface area (Å²) in [5.74, 6) is 0.784. The van der Waals surface area contributed by atoms with Crippen molar-refractivity contribution in [3.05, 3.63) is 75.8 Å². The molecule has 22 heavy (non-hydrogen) atoms. The first-order chi connectivity index (χ1) is 10.7. The largest absolute Gasteiger partial charge is 0.488 e. The first-order valence-electron chi connectivity index (χ1n) is 6.96. The molecular weight excluding hydrogens is 317 g/mol. The summed E-state index contributed by atoms with van der Waals surface area (Å²) in [7, 11) is 0. The quantitative estimate of drug-likeness (QED) is 0.714. The van der Waals surface area contributed by atoms with Crippen LogP contribution in [0.2, 0.25) is 10.0 Å². The zero-order chi connectivity index (χ0) is 15.5. The predicted molar refractivity (Wildman–Crippen MR) is 92.6 cm³/mol. The van der Waals surface area contributed by atoms with Crippen molar-refractivity contribution in [2.24, 2.45) is 5.73 Å². The molecule has 0 radical (unpaired) electrons. The van der Waals surface area contributed by atoms with E-state index in [1.807, 2.05) is 30.3 Å². The fourth-order valence-corrected chi connectivity index (χ4v) is 2.92. The van der Waals surface area contributed by atoms with Crippen LogP contribution in [0, 0.1) is 0 Å². The van der Waals surface area contributed by atoms with Crippen LogP contribution in [0.25, 0.3) is 10.8 Å². The third-order valence-electron chi connectivity index (χ3n) is 3.60. The predicted octanol–water partition coefficient (Wildman–Crippen LogP) is 5.18. The third-order valence-corrected chi connectivity index (χ3v) is 4.19. The Balaban J connectivity index is 1.90. The lowest BCUT2D eigenvalue weighted by Gasteiger charge is -2.14. The van der Waals surface area contributed by atoms with Gasteiger partial charge in [-0.3, -0.25) is 0 Å². The number of ether oxygens (including phenoxy) is 1. The maximum absolute atomic E-state index is 6.18. The van der Waals surface area contributed by atoms with Gasteiger partial charge in [-0.15, -0.1) is 0 Å². The average Bonchev–Trinajstić information content (AvgIpc) is 2.53. The van der Waals surface area contributed by atoms with Gasteiger partial charge in [-0.05, 0) is 29.0 Å². The van der Waals surface area contributed by atoms with E-state index in [1.165, 1.54) is 0 Å². The molecule has 0 spiro atoms. The normalized spacial score (nSPS) is 10.9. The number of nitrogens with two attached hydrogens (primary N) is 1. The van der Waals surface area contributed by atoms with Gasteiger partial charge in [0.1, 0.15) is 12.4 Å². The van der Waals surface area contributed by atoms with E-state index in [0.29, 0.717) is 23.2 Å². The van der Waals surface area contributed by atoms with Gasteiger partial charge in [0.2, 0.25) is 0 Å². The van der Waals surface area contributed by atoms with Crippen molar-refractivity contribution in [1.82, 2.24) is 0 Å². The fraction of sp³-hybridized carbons (Fsp3) is 0.111. The minimum Gasteiger partial charge on any atom is -0.488 e. The molecule has 3 rings (SSSR count). The molecule has 0 aromatic heterocycles. The first kappa shape index (κ1) is 15.2. The summed E-state index contributed by atoms with van der Waals surface area (Å²) in [4.78, 5) is 0. The van der Waals surface area contributed by atoms with Gasteiger partial charge < -0.3 is 10.5 Å². The molecule has 4 heteroatoms. The molecular formula is C18H15Cl2NO. The van der Waals surface area contributed by atoms with E-state index in [0.717, 1.165) is 27.6 Å². The minimum atomic E-state index is 0.376. The highest BCUT2D eigenvalue weighted by molar-refractivity contribution is 6.35. The van der Waals surface area contributed by atoms with Crippen molar-refractivity contribution in [2.45, 2.75) is 13.2 Å². The summed E-state index contributed by atoms with van der Waals surface area (Å²) in [5.41, 5.74) is 7.81. The van der Waals surface area contributed by atoms with Gasteiger partial charge in [-0.25, -0.2) is 0 Å². The van der Waals surface area contributed by atoms with Gasteiger partial charge in [0.15, 0.2) is 0 Å². The molecule has 3 aromatic carbocycles. The summed E-state index contributed by atoms with van der Waals surface area (Å²) in [6, 6.07) is 17.5. The number of rotatable bonds is 4. The number of hydrogen-bond acceptors (Lipinski definition) is 2. The van der Waals surface area contributed by atoms with E-state index in [4.69, 9.17) is 33.7 Å². The summed E-state index contributed by atoms with van der Waals surface area (Å²) < 4.78 is 5.94. The molecule has 3 aromatic rings. The first-order valence-corrected chi connectivity index (χ1v) is 7.72. The second-order valence-corrected chi connectivity index (χ2v) is 5.84. The maximum atomic E-state index is 6.18. The lowest BCUT2D eigenvalue weighted by Crippen LogP contribution is -2.04. The third kappa shape index (κ3) is 3.05. The molecule has 0 bridgehead atoms. The van der Waals surface area contributed by atoms with Crippen molar-refractivity contribution < 1.29 is 4.74 Å². The molecule has 0 atom stereocenters. The van der Waals surface area contributed by atoms with Crippen LogP contribution in [-0.4, -0.2) is 0 Å². The Morgan fingerprint density at radius 3 is 2.55 bits per heavy atom. The molecule has 112 valence electrons. The van der Waals surface area contributed by atoms with Crippen molar-refractivity contribution in [2.75, 3.05) is 0 Å². The highest BCUT2D eigenvalue weighted by Gasteiger charge is 2.09. The van der Waals surface area contributed by atoms with E-state index in [2.05, 4.69) is 12.1 Å². The fourth-order valence-electron chi connectivity index (χ4n) is 2.46. The highest BCUT2D eigenvalue weighted by Crippen LogP contribution is 2.29. The Morgan fingerprint density at radius 1 is 0.955 bits per heavy atom. The monoisotopic (exact) mass is 331 g/mol. The molecule has 0 aliphatic carbocycles. The zero-order valence-corrected chi connectivity index (χ0v) is 13.4. The smallest absolute Gasteiger partial charge is 0.124 e. The Hall–Kier alpha value is -1.74. The Morgan fingerprint density at radius 2 is 1.77 bits per heavy atom. The lowest BCUT2D eigenvalue weighted by atomic mass is 10.0. The standard InChI is InChI=1S/C18H15Cl2NO/c19-14-7-5-13(17(20)9-14)11-22-18-8-6-12-3-1-2-4-15(12)16(18)10-21/h1-9H,10-11,21H2. The lowest BCUT2D eigenvalue weighted by molar-refractivity contribution is 0.303. The molecule has 2 nitrogen and oxygen atoms in total. The summed E-state index contributed by atoms with van der Waals surface area (Å²) >= 11 is 12.1. The van der Waals surface area contributed by atoms with Crippen LogP contribution < -0.4 is 10.5 Å². The van der Waals surface area contributed by atoms with Crippen molar-refractivity contribution in [3.8, 4) is 5.75 Å². The number of benzene rings is 3. The molecule has 0 amide bonds. The van der Waals surface area contributed by atoms with Crippen LogP contribution >= 0.6 is 23.2 Å². The van der Waals surface area contributed by atoms with Gasteiger partial charge in [0.25, 0.3) is 0 Å². The van der Waals surface area contributed by atoms with Gasteiger partial charge in [0.05, 0.1) is 0 Å². The molecule has 0 saturated heterocycles. The van der Waals surface area contributed by atoms with E-state index in [9.17, 15) is 0 Å². The van der Waals surface area contributed by atoms with Gasteiger partial charge in [-0.2, -0.15) is 0 Å². The van der Waals surface area contributed by atoms with E-state index in [1.54, 1.807) is 12.1 Å². The Bertz CT molecular complexity index is 817. The van der Waals surface area contributed by atoms with Crippen LogP contribution in [0.1, 0.15) is 11.1 Å². The molecule has 0 aliphatic heterocycles. The second kappa shape index (κ2) is 6.57. The van der Waals surface area contributed by atoms with Crippen molar-refractivity contribution >= 4 is 34.0 Å². The van der Waals surface area contributed by atoms with Gasteiger partial charge in [-0.1, -0.05) is 59.6 Å². The zero-order valence-electron chi connectivity index (χ0n) is 11.9. The number of hydrogen-bond donors (Lipinski definition) is 1. The number of halogens is 2. The topological polar surface area (TPSA) is 35.2 Å². The van der Waals surface area contributed by atoms with Crippen LogP contribution in [0.3, 0.4) is 0 Å². The molecule has 2 N–H and O–H groups in total. The van der Waals surface area contributed by atoms with Crippen molar-refractivity contribution in [1.29, 1.82) is 0 Å². The van der Waals surface area contributed by atoms with Gasteiger partial charge in [0, 0.05) is 27.7 Å². The average molecular weight is 332 g/mol. The number of fused-ring (bicyclic) bond motifs is 1. The minimum absolute atomic E-state index is 0.376. The van der Waals surface area contributed by atoms with Crippen LogP contribution in [-0.2, 0) is 13.2 Å². The van der Waals surface area contributed by atoms with Gasteiger partial charge >= 0.3 is 0 Å². The summed E-state index contributed by atoms with van der Waals surface area (Å²) in [6.45, 7) is 0.798. The van der Waals surface area contributed by atoms with E-state index >= 15 is 0 Å². The highest BCUT2D eigenvalue weighted by atomic mass is 35.5. The Kier molecular flexibility index (Phi) is 4.53. The molecule has 0 aliphatic rings. The second-order valence-electron chi connectivity index (χ2n) is 4.99. The molecule has 0 saturated carbocycles. The molecule has 0 fully saturated rings. The van der Waals surface area contributed by atoms with Crippen LogP contribution in [0.5, 0.6) is 5.75 Å².